The van der Waals surface area contributed by atoms with Gasteiger partial charge in [-0.3, -0.25) is 4.79 Å². The lowest BCUT2D eigenvalue weighted by atomic mass is 10.2. The van der Waals surface area contributed by atoms with Crippen molar-refractivity contribution in [1.29, 1.82) is 0 Å². The third-order valence-corrected chi connectivity index (χ3v) is 4.71. The number of carbonyl (C=O) groups is 2. The number of nitrogens with zero attached hydrogens (tertiary/aromatic N) is 3. The van der Waals surface area contributed by atoms with Gasteiger partial charge in [-0.1, -0.05) is 12.1 Å². The van der Waals surface area contributed by atoms with E-state index >= 15 is 0 Å². The Balaban J connectivity index is 0.00000544. The molecule has 33 heavy (non-hydrogen) atoms. The summed E-state index contributed by atoms with van der Waals surface area (Å²) in [5, 5.41) is 6.27. The van der Waals surface area contributed by atoms with E-state index in [1.807, 2.05) is 52.0 Å². The predicted molar refractivity (Wildman–Crippen MR) is 140 cm³/mol. The topological polar surface area (TPSA) is 95.5 Å². The number of hydrogen-bond donors (Lipinski definition) is 2. The summed E-state index contributed by atoms with van der Waals surface area (Å²) >= 11 is 0. The highest BCUT2D eigenvalue weighted by Crippen LogP contribution is 2.16. The van der Waals surface area contributed by atoms with E-state index < -0.39 is 11.7 Å². The van der Waals surface area contributed by atoms with Crippen LogP contribution in [0, 0.1) is 0 Å². The van der Waals surface area contributed by atoms with Crippen LogP contribution in [0.15, 0.2) is 29.3 Å². The number of ether oxygens (including phenoxy) is 2. The summed E-state index contributed by atoms with van der Waals surface area (Å²) < 4.78 is 10.9. The number of guanidine groups is 1. The number of alkyl carbamates (subject to hydrolysis) is 1. The Bertz CT molecular complexity index is 810. The van der Waals surface area contributed by atoms with Crippen molar-refractivity contribution < 1.29 is 19.1 Å². The van der Waals surface area contributed by atoms with E-state index in [1.165, 1.54) is 4.90 Å². The fourth-order valence-corrected chi connectivity index (χ4v) is 3.14. The van der Waals surface area contributed by atoms with Crippen LogP contribution in [0.4, 0.5) is 4.79 Å². The lowest BCUT2D eigenvalue weighted by Gasteiger charge is -2.23. The minimum atomic E-state index is -0.517. The number of hydrogen-bond acceptors (Lipinski definition) is 5. The van der Waals surface area contributed by atoms with Gasteiger partial charge in [0, 0.05) is 33.7 Å². The van der Waals surface area contributed by atoms with Crippen molar-refractivity contribution in [2.45, 2.75) is 52.3 Å². The van der Waals surface area contributed by atoms with Crippen LogP contribution in [0.1, 0.15) is 39.7 Å². The van der Waals surface area contributed by atoms with Crippen LogP contribution in [0.2, 0.25) is 0 Å². The van der Waals surface area contributed by atoms with Crippen molar-refractivity contribution in [3.8, 4) is 5.75 Å². The molecule has 1 aliphatic rings. The van der Waals surface area contributed by atoms with Crippen LogP contribution in [0.5, 0.6) is 5.75 Å². The second-order valence-corrected chi connectivity index (χ2v) is 8.97. The Kier molecular flexibility index (Phi) is 11.7. The smallest absolute Gasteiger partial charge is 0.407 e. The maximum Gasteiger partial charge on any atom is 0.407 e. The third kappa shape index (κ3) is 10.5. The van der Waals surface area contributed by atoms with E-state index in [4.69, 9.17) is 14.5 Å². The van der Waals surface area contributed by atoms with Gasteiger partial charge >= 0.3 is 6.09 Å². The Labute approximate surface area is 214 Å². The van der Waals surface area contributed by atoms with Gasteiger partial charge < -0.3 is 29.9 Å². The Hall–Kier alpha value is -2.24. The fraction of sp³-hybridized carbons (Fsp3) is 0.609. The van der Waals surface area contributed by atoms with E-state index in [9.17, 15) is 9.59 Å². The molecule has 2 amide bonds. The standard InChI is InChI=1S/C23H37N5O4.HI/c1-7-24-21(28-12-11-18(15-28)26-22(30)32-23(2,3)4)25-14-17-9-8-10-19(13-17)31-16-20(29)27(5)6;/h8-10,13,18H,7,11-12,14-16H2,1-6H3,(H,24,25)(H,26,30);1H. The first kappa shape index (κ1) is 28.8. The summed E-state index contributed by atoms with van der Waals surface area (Å²) in [6.07, 6.45) is 0.434. The van der Waals surface area contributed by atoms with Crippen LogP contribution < -0.4 is 15.4 Å². The molecule has 1 aromatic rings. The molecule has 2 N–H and O–H groups in total. The van der Waals surface area contributed by atoms with E-state index in [2.05, 4.69) is 15.5 Å². The van der Waals surface area contributed by atoms with Gasteiger partial charge in [-0.05, 0) is 51.8 Å². The van der Waals surface area contributed by atoms with E-state index in [-0.39, 0.29) is 42.5 Å². The second kappa shape index (κ2) is 13.5. The summed E-state index contributed by atoms with van der Waals surface area (Å²) in [5.74, 6) is 1.35. The molecule has 9 nitrogen and oxygen atoms in total. The first-order valence-electron chi connectivity index (χ1n) is 11.0. The molecular formula is C23H38IN5O4. The summed E-state index contributed by atoms with van der Waals surface area (Å²) in [4.78, 5) is 32.2. The average molecular weight is 575 g/mol. The fourth-order valence-electron chi connectivity index (χ4n) is 3.14. The molecule has 10 heteroatoms. The molecule has 1 fully saturated rings. The molecule has 0 bridgehead atoms. The molecule has 1 saturated heterocycles. The summed E-state index contributed by atoms with van der Waals surface area (Å²) in [7, 11) is 3.40. The summed E-state index contributed by atoms with van der Waals surface area (Å²) in [6, 6.07) is 7.61. The Morgan fingerprint density at radius 2 is 2.00 bits per heavy atom. The van der Waals surface area contributed by atoms with Crippen LogP contribution in [-0.2, 0) is 16.1 Å². The minimum Gasteiger partial charge on any atom is -0.484 e. The van der Waals surface area contributed by atoms with Crippen molar-refractivity contribution in [2.24, 2.45) is 4.99 Å². The zero-order valence-electron chi connectivity index (χ0n) is 20.5. The van der Waals surface area contributed by atoms with Crippen molar-refractivity contribution in [2.75, 3.05) is 40.3 Å². The molecule has 1 unspecified atom stereocenters. The quantitative estimate of drug-likeness (QED) is 0.295. The molecule has 1 aromatic carbocycles. The molecule has 2 rings (SSSR count). The third-order valence-electron chi connectivity index (χ3n) is 4.71. The molecule has 0 aromatic heterocycles. The lowest BCUT2D eigenvalue weighted by molar-refractivity contribution is -0.130. The van der Waals surface area contributed by atoms with Crippen LogP contribution in [0.3, 0.4) is 0 Å². The number of carbonyl (C=O) groups excluding carboxylic acids is 2. The highest BCUT2D eigenvalue weighted by molar-refractivity contribution is 14.0. The number of halogens is 1. The van der Waals surface area contributed by atoms with Gasteiger partial charge in [0.25, 0.3) is 5.91 Å². The number of benzene rings is 1. The second-order valence-electron chi connectivity index (χ2n) is 8.97. The molecule has 0 aliphatic carbocycles. The molecule has 1 atom stereocenters. The molecule has 0 saturated carbocycles. The molecule has 186 valence electrons. The first-order chi connectivity index (χ1) is 15.1. The van der Waals surface area contributed by atoms with E-state index in [0.29, 0.717) is 18.8 Å². The predicted octanol–water partition coefficient (Wildman–Crippen LogP) is 2.84. The van der Waals surface area contributed by atoms with Gasteiger partial charge in [0.05, 0.1) is 12.6 Å². The number of rotatable bonds is 7. The van der Waals surface area contributed by atoms with Gasteiger partial charge in [-0.2, -0.15) is 0 Å². The molecule has 0 radical (unpaired) electrons. The lowest BCUT2D eigenvalue weighted by Crippen LogP contribution is -2.44. The average Bonchev–Trinajstić information content (AvgIpc) is 3.16. The van der Waals surface area contributed by atoms with Gasteiger partial charge in [0.1, 0.15) is 11.4 Å². The number of nitrogens with one attached hydrogen (secondary N) is 2. The van der Waals surface area contributed by atoms with Gasteiger partial charge in [-0.25, -0.2) is 9.79 Å². The van der Waals surface area contributed by atoms with Gasteiger partial charge in [0.2, 0.25) is 0 Å². The minimum absolute atomic E-state index is 0. The normalized spacial score (nSPS) is 16.0. The largest absolute Gasteiger partial charge is 0.484 e. The molecule has 1 heterocycles. The van der Waals surface area contributed by atoms with E-state index in [1.54, 1.807) is 14.1 Å². The van der Waals surface area contributed by atoms with Crippen molar-refractivity contribution in [1.82, 2.24) is 20.4 Å². The highest BCUT2D eigenvalue weighted by atomic mass is 127. The number of likely N-dealkylation sites (tertiary alicyclic amines) is 1. The zero-order valence-corrected chi connectivity index (χ0v) is 22.8. The van der Waals surface area contributed by atoms with E-state index in [0.717, 1.165) is 31.0 Å². The van der Waals surface area contributed by atoms with Crippen molar-refractivity contribution in [3.05, 3.63) is 29.8 Å². The highest BCUT2D eigenvalue weighted by Gasteiger charge is 2.27. The van der Waals surface area contributed by atoms with Crippen LogP contribution in [-0.4, -0.2) is 79.7 Å². The summed E-state index contributed by atoms with van der Waals surface area (Å²) in [6.45, 7) is 10.3. The molecule has 0 spiro atoms. The molecular weight excluding hydrogens is 537 g/mol. The number of amides is 2. The Morgan fingerprint density at radius 3 is 2.64 bits per heavy atom. The van der Waals surface area contributed by atoms with Crippen molar-refractivity contribution >= 4 is 41.9 Å². The maximum atomic E-state index is 12.1. The van der Waals surface area contributed by atoms with Gasteiger partial charge in [-0.15, -0.1) is 24.0 Å². The Morgan fingerprint density at radius 1 is 1.27 bits per heavy atom. The number of aliphatic imine (C=N–C) groups is 1. The monoisotopic (exact) mass is 575 g/mol. The van der Waals surface area contributed by atoms with Crippen molar-refractivity contribution in [3.63, 3.8) is 0 Å². The number of likely N-dealkylation sites (N-methyl/N-ethyl adjacent to an activating group) is 1. The zero-order chi connectivity index (χ0) is 23.7. The molecule has 1 aliphatic heterocycles. The maximum absolute atomic E-state index is 12.1. The van der Waals surface area contributed by atoms with Crippen LogP contribution >= 0.6 is 24.0 Å². The summed E-state index contributed by atoms with van der Waals surface area (Å²) in [5.41, 5.74) is 0.467. The SMILES string of the molecule is CCNC(=NCc1cccc(OCC(=O)N(C)C)c1)N1CCC(NC(=O)OC(C)(C)C)C1.I. The van der Waals surface area contributed by atoms with Gasteiger partial charge in [0.15, 0.2) is 12.6 Å². The first-order valence-corrected chi connectivity index (χ1v) is 11.0. The van der Waals surface area contributed by atoms with Crippen LogP contribution in [0.25, 0.3) is 0 Å².